The van der Waals surface area contributed by atoms with Gasteiger partial charge >= 0.3 is 5.97 Å². The highest BCUT2D eigenvalue weighted by Gasteiger charge is 2.47. The highest BCUT2D eigenvalue weighted by Crippen LogP contribution is 2.45. The summed E-state index contributed by atoms with van der Waals surface area (Å²) in [6.07, 6.45) is 5.46. The molecule has 0 aromatic heterocycles. The van der Waals surface area contributed by atoms with Crippen LogP contribution in [0.5, 0.6) is 0 Å². The van der Waals surface area contributed by atoms with Gasteiger partial charge in [0.05, 0.1) is 13.0 Å². The van der Waals surface area contributed by atoms with E-state index in [2.05, 4.69) is 6.92 Å². The van der Waals surface area contributed by atoms with E-state index in [1.54, 1.807) is 6.08 Å². The average Bonchev–Trinajstić information content (AvgIpc) is 2.58. The van der Waals surface area contributed by atoms with Crippen molar-refractivity contribution < 1.29 is 14.6 Å². The number of hydrogen-bond acceptors (Lipinski definition) is 3. The number of ether oxygens (including phenoxy) is 1. The Kier molecular flexibility index (Phi) is 2.59. The molecule has 1 saturated carbocycles. The molecule has 0 spiro atoms. The predicted octanol–water partition coefficient (Wildman–Crippen LogP) is 1.12. The lowest BCUT2D eigenvalue weighted by Gasteiger charge is -2.14. The summed E-state index contributed by atoms with van der Waals surface area (Å²) >= 11 is 0. The van der Waals surface area contributed by atoms with Gasteiger partial charge in [-0.25, -0.2) is 0 Å². The number of rotatable bonds is 2. The smallest absolute Gasteiger partial charge is 0.306 e. The lowest BCUT2D eigenvalue weighted by Crippen LogP contribution is -2.13. The van der Waals surface area contributed by atoms with Crippen molar-refractivity contribution >= 4 is 5.97 Å². The summed E-state index contributed by atoms with van der Waals surface area (Å²) in [5.74, 6) is 1.24. The molecule has 3 heteroatoms. The number of esters is 1. The van der Waals surface area contributed by atoms with Crippen molar-refractivity contribution in [3.05, 3.63) is 12.2 Å². The summed E-state index contributed by atoms with van der Waals surface area (Å²) in [5, 5.41) is 8.72. The van der Waals surface area contributed by atoms with Crippen LogP contribution in [0.3, 0.4) is 0 Å². The van der Waals surface area contributed by atoms with Crippen molar-refractivity contribution in [3.8, 4) is 0 Å². The van der Waals surface area contributed by atoms with Crippen molar-refractivity contribution in [3.63, 3.8) is 0 Å². The van der Waals surface area contributed by atoms with Crippen LogP contribution >= 0.6 is 0 Å². The molecule has 2 fully saturated rings. The first-order valence-electron chi connectivity index (χ1n) is 5.19. The molecular weight excluding hydrogens is 180 g/mol. The molecule has 1 saturated heterocycles. The normalized spacial score (nSPS) is 41.7. The minimum Gasteiger partial charge on any atom is -0.462 e. The van der Waals surface area contributed by atoms with Crippen molar-refractivity contribution in [2.24, 2.45) is 17.8 Å². The van der Waals surface area contributed by atoms with E-state index >= 15 is 0 Å². The van der Waals surface area contributed by atoms with E-state index in [-0.39, 0.29) is 18.7 Å². The Bertz CT molecular complexity index is 259. The minimum atomic E-state index is -0.0608. The number of allylic oxidation sites excluding steroid dienone is 1. The molecule has 78 valence electrons. The van der Waals surface area contributed by atoms with E-state index in [4.69, 9.17) is 9.84 Å². The predicted molar refractivity (Wildman–Crippen MR) is 51.5 cm³/mol. The van der Waals surface area contributed by atoms with Crippen LogP contribution in [0.2, 0.25) is 0 Å². The lowest BCUT2D eigenvalue weighted by atomic mass is 9.88. The van der Waals surface area contributed by atoms with Gasteiger partial charge in [0.1, 0.15) is 6.10 Å². The number of carbonyl (C=O) groups is 1. The van der Waals surface area contributed by atoms with E-state index in [0.717, 1.165) is 6.42 Å². The number of carbonyl (C=O) groups excluding carboxylic acids is 1. The van der Waals surface area contributed by atoms with Crippen molar-refractivity contribution in [2.45, 2.75) is 25.9 Å². The molecule has 0 radical (unpaired) electrons. The van der Waals surface area contributed by atoms with Gasteiger partial charge < -0.3 is 9.84 Å². The van der Waals surface area contributed by atoms with E-state index in [1.807, 2.05) is 6.08 Å². The van der Waals surface area contributed by atoms with Gasteiger partial charge in [-0.3, -0.25) is 4.79 Å². The van der Waals surface area contributed by atoms with E-state index < -0.39 is 0 Å². The molecule has 1 N–H and O–H groups in total. The van der Waals surface area contributed by atoms with Crippen molar-refractivity contribution in [1.29, 1.82) is 0 Å². The first kappa shape index (κ1) is 9.71. The number of aliphatic hydroxyl groups excluding tert-OH is 1. The van der Waals surface area contributed by atoms with Crippen LogP contribution in [0.1, 0.15) is 19.8 Å². The lowest BCUT2D eigenvalue weighted by molar-refractivity contribution is -0.141. The van der Waals surface area contributed by atoms with E-state index in [1.165, 1.54) is 0 Å². The highest BCUT2D eigenvalue weighted by molar-refractivity contribution is 5.72. The topological polar surface area (TPSA) is 46.5 Å². The fourth-order valence-electron chi connectivity index (χ4n) is 2.73. The third-order valence-corrected chi connectivity index (χ3v) is 3.38. The molecule has 0 unspecified atom stereocenters. The molecule has 0 amide bonds. The first-order chi connectivity index (χ1) is 6.72. The monoisotopic (exact) mass is 196 g/mol. The van der Waals surface area contributed by atoms with Gasteiger partial charge in [0.25, 0.3) is 0 Å². The zero-order valence-electron chi connectivity index (χ0n) is 8.35. The van der Waals surface area contributed by atoms with Gasteiger partial charge in [-0.1, -0.05) is 19.1 Å². The van der Waals surface area contributed by atoms with Gasteiger partial charge in [0, 0.05) is 5.92 Å². The Labute approximate surface area is 83.8 Å². The molecule has 4 atom stereocenters. The molecule has 14 heavy (non-hydrogen) atoms. The summed E-state index contributed by atoms with van der Waals surface area (Å²) in [7, 11) is 0. The quantitative estimate of drug-likeness (QED) is 0.532. The third kappa shape index (κ3) is 1.57. The minimum absolute atomic E-state index is 0.0608. The number of fused-ring (bicyclic) bond motifs is 1. The standard InChI is InChI=1S/C11H16O3/c1-7-5-10-9(6-11(13)14-10)8(7)3-2-4-12/h2-3,7-10,12H,4-6H2,1H3/b3-2+/t7-,8+,9-,10+/m1/s1. The summed E-state index contributed by atoms with van der Waals surface area (Å²) in [5.41, 5.74) is 0. The van der Waals surface area contributed by atoms with E-state index in [9.17, 15) is 4.79 Å². The third-order valence-electron chi connectivity index (χ3n) is 3.38. The highest BCUT2D eigenvalue weighted by atomic mass is 16.6. The van der Waals surface area contributed by atoms with Gasteiger partial charge in [0.2, 0.25) is 0 Å². The van der Waals surface area contributed by atoms with Crippen LogP contribution in [-0.2, 0) is 9.53 Å². The Morgan fingerprint density at radius 3 is 3.14 bits per heavy atom. The van der Waals surface area contributed by atoms with Gasteiger partial charge in [-0.15, -0.1) is 0 Å². The zero-order valence-corrected chi connectivity index (χ0v) is 8.35. The SMILES string of the molecule is C[C@@H]1C[C@@H]2OC(=O)C[C@@H]2[C@H]1/C=C/CO. The van der Waals surface area contributed by atoms with Gasteiger partial charge in [-0.05, 0) is 18.3 Å². The molecule has 0 bridgehead atoms. The average molecular weight is 196 g/mol. The molecule has 0 aromatic carbocycles. The van der Waals surface area contributed by atoms with Crippen molar-refractivity contribution in [1.82, 2.24) is 0 Å². The largest absolute Gasteiger partial charge is 0.462 e. The maximum atomic E-state index is 11.1. The number of aliphatic hydroxyl groups is 1. The molecule has 0 aromatic rings. The fraction of sp³-hybridized carbons (Fsp3) is 0.727. The van der Waals surface area contributed by atoms with Crippen LogP contribution < -0.4 is 0 Å². The van der Waals surface area contributed by atoms with E-state index in [0.29, 0.717) is 24.2 Å². The maximum Gasteiger partial charge on any atom is 0.306 e. The van der Waals surface area contributed by atoms with Crippen LogP contribution in [0.4, 0.5) is 0 Å². The Balaban J connectivity index is 2.08. The molecule has 2 rings (SSSR count). The molecule has 2 aliphatic rings. The molecule has 1 aliphatic heterocycles. The maximum absolute atomic E-state index is 11.1. The van der Waals surface area contributed by atoms with Crippen LogP contribution in [0.25, 0.3) is 0 Å². The summed E-state index contributed by atoms with van der Waals surface area (Å²) < 4.78 is 5.23. The fourth-order valence-corrected chi connectivity index (χ4v) is 2.73. The molecular formula is C11H16O3. The second-order valence-electron chi connectivity index (χ2n) is 4.30. The summed E-state index contributed by atoms with van der Waals surface area (Å²) in [6, 6.07) is 0. The zero-order chi connectivity index (χ0) is 10.1. The summed E-state index contributed by atoms with van der Waals surface area (Å²) in [6.45, 7) is 2.26. The molecule has 1 heterocycles. The van der Waals surface area contributed by atoms with Crippen LogP contribution in [0, 0.1) is 17.8 Å². The number of hydrogen-bond donors (Lipinski definition) is 1. The molecule has 3 nitrogen and oxygen atoms in total. The van der Waals surface area contributed by atoms with Crippen molar-refractivity contribution in [2.75, 3.05) is 6.61 Å². The Hall–Kier alpha value is -0.830. The van der Waals surface area contributed by atoms with Gasteiger partial charge in [-0.2, -0.15) is 0 Å². The van der Waals surface area contributed by atoms with Crippen LogP contribution in [0.15, 0.2) is 12.2 Å². The first-order valence-corrected chi connectivity index (χ1v) is 5.19. The second-order valence-corrected chi connectivity index (χ2v) is 4.30. The molecule has 1 aliphatic carbocycles. The Morgan fingerprint density at radius 1 is 1.64 bits per heavy atom. The Morgan fingerprint density at radius 2 is 2.43 bits per heavy atom. The second kappa shape index (κ2) is 3.73. The van der Waals surface area contributed by atoms with Crippen LogP contribution in [-0.4, -0.2) is 23.8 Å². The van der Waals surface area contributed by atoms with Gasteiger partial charge in [0.15, 0.2) is 0 Å². The summed E-state index contributed by atoms with van der Waals surface area (Å²) in [4.78, 5) is 11.1.